The summed E-state index contributed by atoms with van der Waals surface area (Å²) in [5.74, 6) is 0.212. The van der Waals surface area contributed by atoms with Gasteiger partial charge in [-0.1, -0.05) is 48.5 Å². The van der Waals surface area contributed by atoms with Crippen molar-refractivity contribution in [2.45, 2.75) is 5.75 Å². The number of para-hydroxylation sites is 2. The number of carbonyl (C=O) groups is 1. The van der Waals surface area contributed by atoms with Crippen molar-refractivity contribution < 1.29 is 9.00 Å². The normalized spacial score (nSPS) is 11.6. The minimum atomic E-state index is -0.950. The van der Waals surface area contributed by atoms with Gasteiger partial charge in [0.05, 0.1) is 11.4 Å². The number of hydrogen-bond acceptors (Lipinski definition) is 3. The minimum absolute atomic E-state index is 0.221. The van der Waals surface area contributed by atoms with Crippen LogP contribution in [0.15, 0.2) is 84.9 Å². The molecule has 1 N–H and O–H groups in total. The molecule has 0 saturated carbocycles. The summed E-state index contributed by atoms with van der Waals surface area (Å²) in [6.45, 7) is 0. The summed E-state index contributed by atoms with van der Waals surface area (Å²) in [6.07, 6.45) is 1.65. The van der Waals surface area contributed by atoms with Crippen LogP contribution in [0.25, 0.3) is 0 Å². The molecule has 26 heavy (non-hydrogen) atoms. The van der Waals surface area contributed by atoms with Gasteiger partial charge in [-0.3, -0.25) is 19.4 Å². The third-order valence-corrected chi connectivity index (χ3v) is 4.54. The highest BCUT2D eigenvalue weighted by Crippen LogP contribution is 2.23. The third-order valence-electron chi connectivity index (χ3n) is 3.80. The smallest absolute Gasteiger partial charge is 0.267 e. The maximum absolute atomic E-state index is 12.8. The number of nitrogens with one attached hydrogen (secondary N) is 1. The largest absolute Gasteiger partial charge is 0.270 e. The summed E-state index contributed by atoms with van der Waals surface area (Å²) in [5, 5.41) is 1.76. The van der Waals surface area contributed by atoms with E-state index in [2.05, 4.69) is 5.43 Å². The van der Waals surface area contributed by atoms with Crippen molar-refractivity contribution in [3.05, 3.63) is 96.1 Å². The summed E-state index contributed by atoms with van der Waals surface area (Å²) in [5.41, 5.74) is 6.09. The number of nitrogens with zero attached hydrogens (tertiary/aromatic N) is 1. The lowest BCUT2D eigenvalue weighted by molar-refractivity contribution is 0.0953. The van der Waals surface area contributed by atoms with Crippen LogP contribution in [-0.2, 0) is 16.6 Å². The topological polar surface area (TPSA) is 49.4 Å². The van der Waals surface area contributed by atoms with Crippen LogP contribution in [0.5, 0.6) is 0 Å². The monoisotopic (exact) mass is 364 g/mol. The van der Waals surface area contributed by atoms with E-state index in [1.165, 1.54) is 0 Å². The van der Waals surface area contributed by atoms with E-state index in [-0.39, 0.29) is 5.91 Å². The van der Waals surface area contributed by atoms with E-state index in [9.17, 15) is 9.00 Å². The lowest BCUT2D eigenvalue weighted by Crippen LogP contribution is -2.38. The fraction of sp³-hybridized carbons (Fsp3) is 0.0952. The highest BCUT2D eigenvalue weighted by atomic mass is 32.2. The highest BCUT2D eigenvalue weighted by Gasteiger charge is 2.14. The van der Waals surface area contributed by atoms with Crippen LogP contribution in [0.3, 0.4) is 0 Å². The number of carbonyl (C=O) groups excluding carboxylic acids is 1. The first-order valence-electron chi connectivity index (χ1n) is 8.23. The van der Waals surface area contributed by atoms with Crippen LogP contribution in [0.4, 0.5) is 11.4 Å². The zero-order chi connectivity index (χ0) is 18.4. The van der Waals surface area contributed by atoms with Gasteiger partial charge in [0.25, 0.3) is 5.91 Å². The third kappa shape index (κ3) is 4.58. The Labute approximate surface area is 155 Å². The first-order chi connectivity index (χ1) is 12.6. The summed E-state index contributed by atoms with van der Waals surface area (Å²) in [4.78, 5) is 12.8. The van der Waals surface area contributed by atoms with Crippen LogP contribution < -0.4 is 10.4 Å². The maximum Gasteiger partial charge on any atom is 0.270 e. The Morgan fingerprint density at radius 2 is 1.46 bits per heavy atom. The molecule has 0 bridgehead atoms. The fourth-order valence-electron chi connectivity index (χ4n) is 2.64. The van der Waals surface area contributed by atoms with Crippen LogP contribution in [0.1, 0.15) is 15.9 Å². The molecule has 3 aromatic rings. The van der Waals surface area contributed by atoms with Gasteiger partial charge < -0.3 is 0 Å². The second-order valence-electron chi connectivity index (χ2n) is 5.87. The van der Waals surface area contributed by atoms with E-state index < -0.39 is 10.8 Å². The molecule has 0 aliphatic heterocycles. The van der Waals surface area contributed by atoms with Gasteiger partial charge in [0.1, 0.15) is 0 Å². The van der Waals surface area contributed by atoms with Crippen LogP contribution in [-0.4, -0.2) is 16.4 Å². The molecule has 0 aliphatic carbocycles. The van der Waals surface area contributed by atoms with E-state index in [0.29, 0.717) is 11.3 Å². The Morgan fingerprint density at radius 1 is 0.885 bits per heavy atom. The first-order valence-corrected chi connectivity index (χ1v) is 9.96. The second-order valence-corrected chi connectivity index (χ2v) is 7.30. The molecule has 0 aliphatic rings. The number of hydrogen-bond donors (Lipinski definition) is 1. The van der Waals surface area contributed by atoms with E-state index in [0.717, 1.165) is 16.9 Å². The number of benzene rings is 3. The van der Waals surface area contributed by atoms with Crippen molar-refractivity contribution in [2.75, 3.05) is 11.3 Å². The van der Waals surface area contributed by atoms with Gasteiger partial charge in [-0.25, -0.2) is 0 Å². The summed E-state index contributed by atoms with van der Waals surface area (Å²) < 4.78 is 11.4. The SMILES string of the molecule is C[S@](=O)Cc1cccc(C(=O)NN(c2ccccc2)c2ccccc2)c1. The van der Waals surface area contributed by atoms with Gasteiger partial charge in [-0.05, 0) is 42.0 Å². The molecular formula is C21H20N2O2S. The molecule has 3 rings (SSSR count). The number of anilines is 2. The van der Waals surface area contributed by atoms with Gasteiger partial charge in [0.15, 0.2) is 0 Å². The van der Waals surface area contributed by atoms with Crippen LogP contribution in [0, 0.1) is 0 Å². The summed E-state index contributed by atoms with van der Waals surface area (Å²) in [7, 11) is -0.950. The van der Waals surface area contributed by atoms with Gasteiger partial charge in [-0.15, -0.1) is 0 Å². The number of rotatable bonds is 6. The zero-order valence-electron chi connectivity index (χ0n) is 14.5. The van der Waals surface area contributed by atoms with E-state index >= 15 is 0 Å². The maximum atomic E-state index is 12.8. The standard InChI is InChI=1S/C21H20N2O2S/c1-26(25)16-17-9-8-10-18(15-17)21(24)22-23(19-11-4-2-5-12-19)20-13-6-3-7-14-20/h2-15H,16H2,1H3,(H,22,24)/t26-/m0/s1. The lowest BCUT2D eigenvalue weighted by atomic mass is 10.1. The Kier molecular flexibility index (Phi) is 5.81. The van der Waals surface area contributed by atoms with Gasteiger partial charge >= 0.3 is 0 Å². The molecule has 0 fully saturated rings. The van der Waals surface area contributed by atoms with Crippen molar-refractivity contribution in [3.8, 4) is 0 Å². The van der Waals surface area contributed by atoms with Gasteiger partial charge in [-0.2, -0.15) is 0 Å². The van der Waals surface area contributed by atoms with E-state index in [1.807, 2.05) is 72.8 Å². The van der Waals surface area contributed by atoms with Gasteiger partial charge in [0, 0.05) is 28.4 Å². The number of amides is 1. The second kappa shape index (κ2) is 8.45. The Morgan fingerprint density at radius 3 is 2.00 bits per heavy atom. The minimum Gasteiger partial charge on any atom is -0.267 e. The summed E-state index contributed by atoms with van der Waals surface area (Å²) >= 11 is 0. The summed E-state index contributed by atoms with van der Waals surface area (Å²) in [6, 6.07) is 26.5. The molecule has 3 aromatic carbocycles. The molecule has 0 spiro atoms. The van der Waals surface area contributed by atoms with Crippen molar-refractivity contribution >= 4 is 28.1 Å². The van der Waals surface area contributed by atoms with Gasteiger partial charge in [0.2, 0.25) is 0 Å². The molecule has 0 saturated heterocycles. The lowest BCUT2D eigenvalue weighted by Gasteiger charge is -2.25. The Balaban J connectivity index is 1.88. The van der Waals surface area contributed by atoms with Crippen molar-refractivity contribution in [3.63, 3.8) is 0 Å². The predicted octanol–water partition coefficient (Wildman–Crippen LogP) is 4.05. The molecule has 0 heterocycles. The van der Waals surface area contributed by atoms with Crippen molar-refractivity contribution in [2.24, 2.45) is 0 Å². The average Bonchev–Trinajstić information content (AvgIpc) is 2.67. The molecule has 0 aromatic heterocycles. The van der Waals surface area contributed by atoms with Crippen molar-refractivity contribution in [1.82, 2.24) is 5.43 Å². The van der Waals surface area contributed by atoms with E-state index in [4.69, 9.17) is 0 Å². The molecule has 0 radical (unpaired) electrons. The predicted molar refractivity (Wildman–Crippen MR) is 107 cm³/mol. The average molecular weight is 364 g/mol. The molecule has 1 amide bonds. The molecular weight excluding hydrogens is 344 g/mol. The number of hydrazine groups is 1. The van der Waals surface area contributed by atoms with Crippen molar-refractivity contribution in [1.29, 1.82) is 0 Å². The quantitative estimate of drug-likeness (QED) is 0.672. The molecule has 132 valence electrons. The Hall–Kier alpha value is -2.92. The van der Waals surface area contributed by atoms with Crippen LogP contribution >= 0.6 is 0 Å². The molecule has 0 unspecified atom stereocenters. The first kappa shape index (κ1) is 17.9. The highest BCUT2D eigenvalue weighted by molar-refractivity contribution is 7.83. The van der Waals surface area contributed by atoms with E-state index in [1.54, 1.807) is 23.4 Å². The molecule has 4 nitrogen and oxygen atoms in total. The molecule has 1 atom stereocenters. The zero-order valence-corrected chi connectivity index (χ0v) is 15.3. The Bertz CT molecular complexity index is 859. The fourth-order valence-corrected chi connectivity index (χ4v) is 3.28. The van der Waals surface area contributed by atoms with Crippen LogP contribution in [0.2, 0.25) is 0 Å². The molecule has 5 heteroatoms.